The number of carboxylic acids is 1. The Labute approximate surface area is 201 Å². The van der Waals surface area contributed by atoms with Gasteiger partial charge in [0.15, 0.2) is 6.04 Å². The number of carbonyl (C=O) groups is 3. The first-order valence-electron chi connectivity index (χ1n) is 10.9. The predicted octanol–water partition coefficient (Wildman–Crippen LogP) is 2.34. The molecule has 3 aromatic rings. The van der Waals surface area contributed by atoms with Crippen molar-refractivity contribution in [3.8, 4) is 11.1 Å². The molecule has 0 spiro atoms. The Morgan fingerprint density at radius 1 is 1.00 bits per heavy atom. The van der Waals surface area contributed by atoms with Crippen LogP contribution in [0.2, 0.25) is 0 Å². The minimum Gasteiger partial charge on any atom is -0.480 e. The number of aromatic nitrogens is 2. The molecule has 10 nitrogen and oxygen atoms in total. The number of aliphatic carboxylic acids is 1. The van der Waals surface area contributed by atoms with Gasteiger partial charge in [-0.15, -0.1) is 0 Å². The lowest BCUT2D eigenvalue weighted by Crippen LogP contribution is -2.43. The Balaban J connectivity index is 1.30. The predicted molar refractivity (Wildman–Crippen MR) is 125 cm³/mol. The van der Waals surface area contributed by atoms with Crippen LogP contribution >= 0.6 is 0 Å². The smallest absolute Gasteiger partial charge is 0.407 e. The maximum atomic E-state index is 12.3. The van der Waals surface area contributed by atoms with Gasteiger partial charge in [0.1, 0.15) is 12.4 Å². The fourth-order valence-electron chi connectivity index (χ4n) is 3.95. The monoisotopic (exact) mass is 476 g/mol. The molecule has 2 aromatic carbocycles. The quantitative estimate of drug-likeness (QED) is 0.428. The van der Waals surface area contributed by atoms with Crippen LogP contribution < -0.4 is 10.6 Å². The molecule has 0 saturated carbocycles. The van der Waals surface area contributed by atoms with Gasteiger partial charge < -0.3 is 25.2 Å². The summed E-state index contributed by atoms with van der Waals surface area (Å²) in [7, 11) is 1.34. The Kier molecular flexibility index (Phi) is 7.32. The van der Waals surface area contributed by atoms with E-state index in [1.54, 1.807) is 0 Å². The average Bonchev–Trinajstić information content (AvgIpc) is 3.20. The van der Waals surface area contributed by atoms with Crippen LogP contribution in [-0.4, -0.2) is 59.4 Å². The van der Waals surface area contributed by atoms with E-state index in [0.717, 1.165) is 22.3 Å². The SMILES string of the molecule is COC[C@H](NC(=O)c1cnc(CNC(=O)OCC2c3ccccc3-c3ccccc32)nc1)C(=O)O. The van der Waals surface area contributed by atoms with E-state index in [9.17, 15) is 14.4 Å². The van der Waals surface area contributed by atoms with E-state index in [-0.39, 0.29) is 37.1 Å². The molecule has 0 aliphatic heterocycles. The van der Waals surface area contributed by atoms with E-state index in [0.29, 0.717) is 0 Å². The summed E-state index contributed by atoms with van der Waals surface area (Å²) in [4.78, 5) is 43.7. The van der Waals surface area contributed by atoms with Gasteiger partial charge >= 0.3 is 12.1 Å². The lowest BCUT2D eigenvalue weighted by molar-refractivity contribution is -0.140. The number of benzene rings is 2. The average molecular weight is 476 g/mol. The van der Waals surface area contributed by atoms with Gasteiger partial charge in [-0.2, -0.15) is 0 Å². The van der Waals surface area contributed by atoms with Crippen LogP contribution in [0, 0.1) is 0 Å². The Bertz CT molecular complexity index is 1190. The van der Waals surface area contributed by atoms with Crippen molar-refractivity contribution in [2.75, 3.05) is 20.3 Å². The minimum absolute atomic E-state index is 0.00000134. The molecule has 2 amide bonds. The summed E-state index contributed by atoms with van der Waals surface area (Å²) in [5.74, 6) is -1.65. The fraction of sp³-hybridized carbons (Fsp3) is 0.240. The second-order valence-corrected chi connectivity index (χ2v) is 7.89. The molecule has 0 fully saturated rings. The third-order valence-electron chi connectivity index (χ3n) is 5.64. The van der Waals surface area contributed by atoms with Gasteiger partial charge in [-0.3, -0.25) is 4.79 Å². The van der Waals surface area contributed by atoms with Crippen LogP contribution in [0.5, 0.6) is 0 Å². The topological polar surface area (TPSA) is 140 Å². The summed E-state index contributed by atoms with van der Waals surface area (Å²) in [6, 6.07) is 14.9. The van der Waals surface area contributed by atoms with E-state index in [1.165, 1.54) is 19.5 Å². The second kappa shape index (κ2) is 10.7. The highest BCUT2D eigenvalue weighted by Crippen LogP contribution is 2.44. The van der Waals surface area contributed by atoms with Crippen LogP contribution in [0.1, 0.15) is 33.2 Å². The number of nitrogens with zero attached hydrogens (tertiary/aromatic N) is 2. The van der Waals surface area contributed by atoms with Crippen molar-refractivity contribution in [3.63, 3.8) is 0 Å². The zero-order valence-corrected chi connectivity index (χ0v) is 18.9. The Hall–Kier alpha value is -4.31. The number of methoxy groups -OCH3 is 1. The van der Waals surface area contributed by atoms with E-state index < -0.39 is 24.0 Å². The van der Waals surface area contributed by atoms with Crippen molar-refractivity contribution in [1.29, 1.82) is 0 Å². The molecule has 1 heterocycles. The van der Waals surface area contributed by atoms with Gasteiger partial charge in [-0.05, 0) is 22.3 Å². The number of carbonyl (C=O) groups excluding carboxylic acids is 2. The van der Waals surface area contributed by atoms with E-state index >= 15 is 0 Å². The maximum absolute atomic E-state index is 12.3. The summed E-state index contributed by atoms with van der Waals surface area (Å²) >= 11 is 0. The van der Waals surface area contributed by atoms with Gasteiger partial charge in [0, 0.05) is 25.4 Å². The zero-order valence-electron chi connectivity index (χ0n) is 18.9. The van der Waals surface area contributed by atoms with Crippen LogP contribution in [0.4, 0.5) is 4.79 Å². The number of alkyl carbamates (subject to hydrolysis) is 1. The first kappa shape index (κ1) is 23.8. The number of ether oxygens (including phenoxy) is 2. The molecule has 0 radical (unpaired) electrons. The third kappa shape index (κ3) is 5.44. The van der Waals surface area contributed by atoms with Gasteiger partial charge in [0.2, 0.25) is 0 Å². The molecule has 4 rings (SSSR count). The van der Waals surface area contributed by atoms with Crippen LogP contribution in [0.3, 0.4) is 0 Å². The highest BCUT2D eigenvalue weighted by atomic mass is 16.5. The maximum Gasteiger partial charge on any atom is 0.407 e. The van der Waals surface area contributed by atoms with Gasteiger partial charge in [-0.1, -0.05) is 48.5 Å². The summed E-state index contributed by atoms with van der Waals surface area (Å²) in [6.45, 7) is 0.0100. The van der Waals surface area contributed by atoms with Gasteiger partial charge in [0.05, 0.1) is 18.7 Å². The van der Waals surface area contributed by atoms with E-state index in [4.69, 9.17) is 14.6 Å². The fourth-order valence-corrected chi connectivity index (χ4v) is 3.95. The highest BCUT2D eigenvalue weighted by molar-refractivity contribution is 5.96. The highest BCUT2D eigenvalue weighted by Gasteiger charge is 2.29. The first-order chi connectivity index (χ1) is 17.0. The summed E-state index contributed by atoms with van der Waals surface area (Å²) in [5.41, 5.74) is 4.61. The van der Waals surface area contributed by atoms with E-state index in [2.05, 4.69) is 32.7 Å². The van der Waals surface area contributed by atoms with Crippen LogP contribution in [0.15, 0.2) is 60.9 Å². The number of fused-ring (bicyclic) bond motifs is 3. The molecule has 0 bridgehead atoms. The molecule has 1 aliphatic rings. The lowest BCUT2D eigenvalue weighted by atomic mass is 9.98. The molecule has 35 heavy (non-hydrogen) atoms. The van der Waals surface area contributed by atoms with Crippen molar-refractivity contribution in [2.45, 2.75) is 18.5 Å². The number of amides is 2. The second-order valence-electron chi connectivity index (χ2n) is 7.89. The van der Waals surface area contributed by atoms with Crippen molar-refractivity contribution >= 4 is 18.0 Å². The van der Waals surface area contributed by atoms with Crippen molar-refractivity contribution in [1.82, 2.24) is 20.6 Å². The Morgan fingerprint density at radius 3 is 2.17 bits per heavy atom. The Morgan fingerprint density at radius 2 is 1.60 bits per heavy atom. The molecule has 1 aromatic heterocycles. The molecule has 1 atom stereocenters. The lowest BCUT2D eigenvalue weighted by Gasteiger charge is -2.14. The molecule has 0 saturated heterocycles. The normalized spacial score (nSPS) is 12.8. The minimum atomic E-state index is -1.22. The number of nitrogens with one attached hydrogen (secondary N) is 2. The molecule has 0 unspecified atom stereocenters. The molecule has 180 valence electrons. The van der Waals surface area contributed by atoms with Crippen molar-refractivity contribution in [2.24, 2.45) is 0 Å². The number of carboxylic acid groups (broad SMARTS) is 1. The third-order valence-corrected chi connectivity index (χ3v) is 5.64. The number of rotatable bonds is 9. The molecule has 3 N–H and O–H groups in total. The van der Waals surface area contributed by atoms with Gasteiger partial charge in [0.25, 0.3) is 5.91 Å². The number of hydrogen-bond donors (Lipinski definition) is 3. The molecule has 10 heteroatoms. The largest absolute Gasteiger partial charge is 0.480 e. The van der Waals surface area contributed by atoms with Gasteiger partial charge in [-0.25, -0.2) is 19.6 Å². The number of hydrogen-bond acceptors (Lipinski definition) is 7. The summed E-state index contributed by atoms with van der Waals surface area (Å²) < 4.78 is 10.3. The summed E-state index contributed by atoms with van der Waals surface area (Å²) in [6.07, 6.45) is 1.90. The molecule has 1 aliphatic carbocycles. The van der Waals surface area contributed by atoms with Crippen molar-refractivity contribution in [3.05, 3.63) is 83.4 Å². The van der Waals surface area contributed by atoms with Crippen LogP contribution in [0.25, 0.3) is 11.1 Å². The molecular formula is C25H24N4O6. The van der Waals surface area contributed by atoms with E-state index in [1.807, 2.05) is 36.4 Å². The summed E-state index contributed by atoms with van der Waals surface area (Å²) in [5, 5.41) is 14.0. The first-order valence-corrected chi connectivity index (χ1v) is 10.9. The molecular weight excluding hydrogens is 452 g/mol. The standard InChI is InChI=1S/C25H24N4O6/c1-34-14-21(24(31)32)29-23(30)15-10-26-22(27-11-15)12-28-25(33)35-13-20-18-8-4-2-6-16(18)17-7-3-5-9-19(17)20/h2-11,20-21H,12-14H2,1H3,(H,28,33)(H,29,30)(H,31,32)/t21-/m0/s1. The van der Waals surface area contributed by atoms with Crippen LogP contribution in [-0.2, 0) is 20.8 Å². The zero-order chi connectivity index (χ0) is 24.8. The van der Waals surface area contributed by atoms with Crippen molar-refractivity contribution < 1.29 is 29.0 Å².